The van der Waals surface area contributed by atoms with Crippen molar-refractivity contribution in [2.24, 2.45) is 7.05 Å². The van der Waals surface area contributed by atoms with E-state index >= 15 is 0 Å². The number of hydrogen-bond acceptors (Lipinski definition) is 3. The number of halogens is 1. The standard InChI is InChI=1S/C10H21N2O3Si.ClH/c1-11-5-6-12(8-11)9(13-2)7-10(16,14-3)15-4;/h5-6,8-9H,7H2,1-4,16H3;1H/q+1;/p-1. The Labute approximate surface area is 111 Å². The summed E-state index contributed by atoms with van der Waals surface area (Å²) in [5, 5.41) is 0. The van der Waals surface area contributed by atoms with E-state index in [4.69, 9.17) is 14.2 Å². The van der Waals surface area contributed by atoms with Gasteiger partial charge in [0.25, 0.3) is 0 Å². The fraction of sp³-hybridized carbons (Fsp3) is 0.700. The Morgan fingerprint density at radius 3 is 2.29 bits per heavy atom. The summed E-state index contributed by atoms with van der Waals surface area (Å²) in [4.78, 5) is 0. The van der Waals surface area contributed by atoms with Crippen LogP contribution in [0.1, 0.15) is 12.6 Å². The second kappa shape index (κ2) is 7.12. The van der Waals surface area contributed by atoms with Gasteiger partial charge >= 0.3 is 0 Å². The molecule has 1 atom stereocenters. The first-order chi connectivity index (χ1) is 7.54. The van der Waals surface area contributed by atoms with Gasteiger partial charge in [0.2, 0.25) is 12.6 Å². The average molecular weight is 281 g/mol. The Balaban J connectivity index is 0.00000256. The molecule has 0 amide bonds. The van der Waals surface area contributed by atoms with Crippen LogP contribution >= 0.6 is 0 Å². The highest BCUT2D eigenvalue weighted by molar-refractivity contribution is 6.13. The van der Waals surface area contributed by atoms with Gasteiger partial charge in [0, 0.05) is 21.3 Å². The molecule has 0 spiro atoms. The lowest BCUT2D eigenvalue weighted by atomic mass is 10.3. The quantitative estimate of drug-likeness (QED) is 0.304. The number of aromatic nitrogens is 2. The van der Waals surface area contributed by atoms with Crippen LogP contribution in [-0.4, -0.2) is 41.5 Å². The van der Waals surface area contributed by atoms with Crippen molar-refractivity contribution in [1.29, 1.82) is 0 Å². The van der Waals surface area contributed by atoms with E-state index in [1.807, 2.05) is 34.9 Å². The second-order valence-corrected chi connectivity index (χ2v) is 5.49. The monoisotopic (exact) mass is 280 g/mol. The fourth-order valence-corrected chi connectivity index (χ4v) is 1.87. The van der Waals surface area contributed by atoms with Crippen molar-refractivity contribution < 1.29 is 31.2 Å². The van der Waals surface area contributed by atoms with Crippen molar-refractivity contribution in [3.63, 3.8) is 0 Å². The third-order valence-corrected chi connectivity index (χ3v) is 4.03. The van der Waals surface area contributed by atoms with Gasteiger partial charge in [0.15, 0.2) is 0 Å². The number of imidazole rings is 1. The van der Waals surface area contributed by atoms with Crippen molar-refractivity contribution in [2.75, 3.05) is 21.3 Å². The molecule has 1 heterocycles. The molecular weight excluding hydrogens is 260 g/mol. The van der Waals surface area contributed by atoms with E-state index in [0.717, 1.165) is 10.2 Å². The maximum absolute atomic E-state index is 5.46. The van der Waals surface area contributed by atoms with Crippen LogP contribution in [0.4, 0.5) is 0 Å². The average Bonchev–Trinajstić information content (AvgIpc) is 2.72. The van der Waals surface area contributed by atoms with Crippen LogP contribution in [0.15, 0.2) is 18.7 Å². The molecule has 1 unspecified atom stereocenters. The van der Waals surface area contributed by atoms with Crippen LogP contribution in [0.3, 0.4) is 0 Å². The highest BCUT2D eigenvalue weighted by atomic mass is 35.5. The van der Waals surface area contributed by atoms with E-state index in [1.54, 1.807) is 21.3 Å². The summed E-state index contributed by atoms with van der Waals surface area (Å²) < 4.78 is 20.2. The normalized spacial score (nSPS) is 13.4. The Bertz CT molecular complexity index is 331. The molecule has 17 heavy (non-hydrogen) atoms. The van der Waals surface area contributed by atoms with E-state index in [1.165, 1.54) is 0 Å². The minimum absolute atomic E-state index is 0. The topological polar surface area (TPSA) is 36.5 Å². The molecule has 0 bridgehead atoms. The van der Waals surface area contributed by atoms with Gasteiger partial charge < -0.3 is 26.6 Å². The second-order valence-electron chi connectivity index (χ2n) is 3.96. The van der Waals surface area contributed by atoms with Crippen molar-refractivity contribution >= 4 is 10.2 Å². The first-order valence-electron chi connectivity index (χ1n) is 5.20. The van der Waals surface area contributed by atoms with Gasteiger partial charge in [-0.3, -0.25) is 0 Å². The van der Waals surface area contributed by atoms with Crippen molar-refractivity contribution in [2.45, 2.75) is 18.1 Å². The van der Waals surface area contributed by atoms with Crippen LogP contribution in [0.25, 0.3) is 0 Å². The summed E-state index contributed by atoms with van der Waals surface area (Å²) in [6, 6.07) is 0. The minimum atomic E-state index is -0.497. The number of rotatable bonds is 6. The number of aryl methyl sites for hydroxylation is 1. The number of ether oxygens (including phenoxy) is 3. The molecule has 0 aliphatic carbocycles. The van der Waals surface area contributed by atoms with Gasteiger partial charge in [-0.2, -0.15) is 0 Å². The van der Waals surface area contributed by atoms with Crippen LogP contribution in [0.2, 0.25) is 0 Å². The zero-order chi connectivity index (χ0) is 12.2. The molecule has 7 heteroatoms. The highest BCUT2D eigenvalue weighted by Crippen LogP contribution is 2.18. The number of methoxy groups -OCH3 is 3. The maximum atomic E-state index is 5.46. The lowest BCUT2D eigenvalue weighted by Crippen LogP contribution is -3.00. The van der Waals surface area contributed by atoms with E-state index in [-0.39, 0.29) is 18.6 Å². The molecule has 0 aliphatic rings. The largest absolute Gasteiger partial charge is 1.00 e. The zero-order valence-electron chi connectivity index (χ0n) is 11.0. The van der Waals surface area contributed by atoms with Gasteiger partial charge in [-0.15, -0.1) is 0 Å². The molecular formula is C10H21ClN2O3Si. The van der Waals surface area contributed by atoms with E-state index in [2.05, 4.69) is 0 Å². The SMILES string of the molecule is COC(CC([SiH3])(OC)OC)[n+]1ccn(C)c1.[Cl-]. The van der Waals surface area contributed by atoms with Gasteiger partial charge in [0.1, 0.15) is 17.8 Å². The van der Waals surface area contributed by atoms with Crippen molar-refractivity contribution in [3.05, 3.63) is 18.7 Å². The maximum Gasteiger partial charge on any atom is 0.245 e. The molecule has 100 valence electrons. The molecule has 0 aromatic carbocycles. The molecule has 1 aromatic rings. The summed E-state index contributed by atoms with van der Waals surface area (Å²) in [5.74, 6) is 0. The van der Waals surface area contributed by atoms with Crippen LogP contribution in [-0.2, 0) is 21.3 Å². The third-order valence-electron chi connectivity index (χ3n) is 2.80. The van der Waals surface area contributed by atoms with Crippen molar-refractivity contribution in [3.8, 4) is 0 Å². The molecule has 0 fully saturated rings. The molecule has 5 nitrogen and oxygen atoms in total. The minimum Gasteiger partial charge on any atom is -1.00 e. The van der Waals surface area contributed by atoms with Crippen LogP contribution in [0, 0.1) is 0 Å². The molecule has 0 saturated carbocycles. The van der Waals surface area contributed by atoms with E-state index < -0.39 is 5.41 Å². The summed E-state index contributed by atoms with van der Waals surface area (Å²) in [5.41, 5.74) is -0.497. The third kappa shape index (κ3) is 4.40. The molecule has 1 aromatic heterocycles. The summed E-state index contributed by atoms with van der Waals surface area (Å²) in [6.45, 7) is 0. The number of nitrogens with zero attached hydrogens (tertiary/aromatic N) is 2. The number of hydrogen-bond donors (Lipinski definition) is 0. The highest BCUT2D eigenvalue weighted by Gasteiger charge is 2.30. The van der Waals surface area contributed by atoms with E-state index in [0.29, 0.717) is 6.42 Å². The zero-order valence-corrected chi connectivity index (χ0v) is 13.8. The lowest BCUT2D eigenvalue weighted by Gasteiger charge is -2.28. The Hall–Kier alpha value is -0.403. The molecule has 0 aliphatic heterocycles. The summed E-state index contributed by atoms with van der Waals surface area (Å²) in [7, 11) is 7.79. The smallest absolute Gasteiger partial charge is 0.245 e. The fourth-order valence-electron chi connectivity index (χ4n) is 1.52. The van der Waals surface area contributed by atoms with Crippen LogP contribution in [0.5, 0.6) is 0 Å². The first kappa shape index (κ1) is 16.6. The Morgan fingerprint density at radius 1 is 1.35 bits per heavy atom. The summed E-state index contributed by atoms with van der Waals surface area (Å²) in [6.07, 6.45) is 6.53. The van der Waals surface area contributed by atoms with Gasteiger partial charge in [-0.05, 0) is 0 Å². The van der Waals surface area contributed by atoms with Gasteiger partial charge in [-0.25, -0.2) is 9.13 Å². The summed E-state index contributed by atoms with van der Waals surface area (Å²) >= 11 is 0. The lowest BCUT2D eigenvalue weighted by molar-refractivity contribution is -0.763. The predicted molar refractivity (Wildman–Crippen MR) is 63.0 cm³/mol. The predicted octanol–water partition coefficient (Wildman–Crippen LogP) is -3.84. The first-order valence-corrected chi connectivity index (χ1v) is 6.20. The molecule has 0 N–H and O–H groups in total. The molecule has 1 rings (SSSR count). The van der Waals surface area contributed by atoms with E-state index in [9.17, 15) is 0 Å². The molecule has 0 radical (unpaired) electrons. The Kier molecular flexibility index (Phi) is 6.96. The van der Waals surface area contributed by atoms with Crippen molar-refractivity contribution in [1.82, 2.24) is 4.57 Å². The van der Waals surface area contributed by atoms with Crippen LogP contribution < -0.4 is 17.0 Å². The van der Waals surface area contributed by atoms with Gasteiger partial charge in [0.05, 0.1) is 23.7 Å². The Morgan fingerprint density at radius 2 is 1.94 bits per heavy atom. The molecule has 0 saturated heterocycles. The van der Waals surface area contributed by atoms with Gasteiger partial charge in [-0.1, -0.05) is 0 Å².